The summed E-state index contributed by atoms with van der Waals surface area (Å²) in [5, 5.41) is 9.90. The minimum absolute atomic E-state index is 0.00265. The molecule has 10 nitrogen and oxygen atoms in total. The molecule has 1 fully saturated rings. The molecule has 0 spiro atoms. The van der Waals surface area contributed by atoms with E-state index in [-0.39, 0.29) is 23.6 Å². The highest BCUT2D eigenvalue weighted by Gasteiger charge is 2.20. The van der Waals surface area contributed by atoms with Gasteiger partial charge in [0.15, 0.2) is 0 Å². The Morgan fingerprint density at radius 3 is 2.84 bits per heavy atom. The van der Waals surface area contributed by atoms with Crippen molar-refractivity contribution in [2.24, 2.45) is 5.92 Å². The maximum Gasteiger partial charge on any atom is 0.328 e. The fourth-order valence-electron chi connectivity index (χ4n) is 3.62. The molecule has 0 aliphatic carbocycles. The van der Waals surface area contributed by atoms with Gasteiger partial charge < -0.3 is 20.3 Å². The van der Waals surface area contributed by atoms with Crippen LogP contribution in [0.1, 0.15) is 24.1 Å². The first-order chi connectivity index (χ1) is 14.9. The van der Waals surface area contributed by atoms with Crippen LogP contribution in [0.5, 0.6) is 0 Å². The lowest BCUT2D eigenvalue weighted by Crippen LogP contribution is -2.44. The van der Waals surface area contributed by atoms with E-state index in [4.69, 9.17) is 9.90 Å². The number of aromatic amines is 1. The number of carboxylic acid groups (broad SMARTS) is 1. The van der Waals surface area contributed by atoms with Crippen LogP contribution in [0.4, 0.5) is 0 Å². The summed E-state index contributed by atoms with van der Waals surface area (Å²) in [6.07, 6.45) is 5.84. The molecule has 1 aliphatic rings. The Morgan fingerprint density at radius 1 is 1.39 bits per heavy atom. The maximum absolute atomic E-state index is 12.1. The van der Waals surface area contributed by atoms with E-state index in [0.717, 1.165) is 31.5 Å². The zero-order chi connectivity index (χ0) is 22.6. The van der Waals surface area contributed by atoms with Crippen molar-refractivity contribution in [3.05, 3.63) is 62.7 Å². The number of pyridine rings is 1. The predicted molar refractivity (Wildman–Crippen MR) is 115 cm³/mol. The van der Waals surface area contributed by atoms with Gasteiger partial charge in [-0.15, -0.1) is 0 Å². The van der Waals surface area contributed by atoms with E-state index >= 15 is 0 Å². The molecule has 1 amide bonds. The minimum Gasteiger partial charge on any atom is -0.483 e. The standard InChI is InChI=1S/C20H27N5O3.CH2O2/c1-15-10-19(27)25(20(28)23-15)9-8-24-7-3-5-17(14-24)13-22-18(26)11-16-4-2-6-21-12-16;2-1-3/h2,4,6,10,12,17H,3,5,7-9,11,13-14H2,1H3,(H,22,26)(H,23,28);1H,(H,2,3). The smallest absolute Gasteiger partial charge is 0.328 e. The molecule has 31 heavy (non-hydrogen) atoms. The average Bonchev–Trinajstić information content (AvgIpc) is 2.73. The lowest BCUT2D eigenvalue weighted by atomic mass is 9.98. The number of nitrogens with one attached hydrogen (secondary N) is 2. The van der Waals surface area contributed by atoms with Crippen LogP contribution in [0.3, 0.4) is 0 Å². The predicted octanol–water partition coefficient (Wildman–Crippen LogP) is 0.0117. The molecule has 1 unspecified atom stereocenters. The van der Waals surface area contributed by atoms with Crippen LogP contribution in [0.2, 0.25) is 0 Å². The van der Waals surface area contributed by atoms with Crippen LogP contribution >= 0.6 is 0 Å². The number of aromatic nitrogens is 3. The number of piperidine rings is 1. The Hall–Kier alpha value is -3.27. The molecule has 3 N–H and O–H groups in total. The summed E-state index contributed by atoms with van der Waals surface area (Å²) >= 11 is 0. The Kier molecular flexibility index (Phi) is 9.63. The van der Waals surface area contributed by atoms with Gasteiger partial charge in [-0.25, -0.2) is 4.79 Å². The highest BCUT2D eigenvalue weighted by Crippen LogP contribution is 2.15. The van der Waals surface area contributed by atoms with Gasteiger partial charge in [-0.3, -0.25) is 23.9 Å². The van der Waals surface area contributed by atoms with Crippen molar-refractivity contribution in [1.82, 2.24) is 24.8 Å². The van der Waals surface area contributed by atoms with Gasteiger partial charge in [-0.1, -0.05) is 6.07 Å². The van der Waals surface area contributed by atoms with Gasteiger partial charge in [0, 0.05) is 50.3 Å². The third kappa shape index (κ3) is 8.17. The second-order valence-electron chi connectivity index (χ2n) is 7.50. The molecule has 1 aliphatic heterocycles. The van der Waals surface area contributed by atoms with E-state index in [0.29, 0.717) is 37.7 Å². The van der Waals surface area contributed by atoms with Gasteiger partial charge in [0.25, 0.3) is 12.0 Å². The summed E-state index contributed by atoms with van der Waals surface area (Å²) in [6, 6.07) is 5.16. The molecule has 10 heteroatoms. The number of amides is 1. The van der Waals surface area contributed by atoms with Crippen LogP contribution in [-0.2, 0) is 22.6 Å². The Labute approximate surface area is 179 Å². The van der Waals surface area contributed by atoms with E-state index in [2.05, 4.69) is 20.2 Å². The first-order valence-electron chi connectivity index (χ1n) is 10.2. The molecule has 168 valence electrons. The SMILES string of the molecule is Cc1cc(=O)n(CCN2CCCC(CNC(=O)Cc3cccnc3)C2)c(=O)[nH]1.O=CO. The number of carbonyl (C=O) groups is 2. The van der Waals surface area contributed by atoms with Crippen molar-refractivity contribution in [2.45, 2.75) is 32.7 Å². The first-order valence-corrected chi connectivity index (χ1v) is 10.2. The van der Waals surface area contributed by atoms with Crippen molar-refractivity contribution in [1.29, 1.82) is 0 Å². The number of hydrogen-bond acceptors (Lipinski definition) is 6. The number of aryl methyl sites for hydroxylation is 1. The molecule has 3 rings (SSSR count). The molecule has 1 atom stereocenters. The third-order valence-corrected chi connectivity index (χ3v) is 5.07. The normalized spacial score (nSPS) is 16.1. The lowest BCUT2D eigenvalue weighted by molar-refractivity contribution is -0.123. The van der Waals surface area contributed by atoms with E-state index < -0.39 is 0 Å². The van der Waals surface area contributed by atoms with E-state index in [1.54, 1.807) is 19.3 Å². The number of rotatable bonds is 7. The number of H-pyrrole nitrogens is 1. The molecule has 2 aromatic heterocycles. The molecular formula is C21H29N5O5. The topological polar surface area (TPSA) is 137 Å². The highest BCUT2D eigenvalue weighted by atomic mass is 16.3. The zero-order valence-corrected chi connectivity index (χ0v) is 17.6. The molecule has 0 aromatic carbocycles. The Morgan fingerprint density at radius 2 is 2.16 bits per heavy atom. The van der Waals surface area contributed by atoms with E-state index in [1.165, 1.54) is 10.6 Å². The number of nitrogens with zero attached hydrogens (tertiary/aromatic N) is 3. The monoisotopic (exact) mass is 431 g/mol. The summed E-state index contributed by atoms with van der Waals surface area (Å²) in [6.45, 7) is 4.90. The van der Waals surface area contributed by atoms with Crippen molar-refractivity contribution in [3.8, 4) is 0 Å². The van der Waals surface area contributed by atoms with Gasteiger partial charge in [0.2, 0.25) is 5.91 Å². The molecular weight excluding hydrogens is 402 g/mol. The van der Waals surface area contributed by atoms with Crippen LogP contribution in [0, 0.1) is 12.8 Å². The maximum atomic E-state index is 12.1. The quantitative estimate of drug-likeness (QED) is 0.525. The van der Waals surface area contributed by atoms with Gasteiger partial charge in [-0.05, 0) is 43.9 Å². The molecule has 2 aromatic rings. The van der Waals surface area contributed by atoms with Gasteiger partial charge in [-0.2, -0.15) is 0 Å². The largest absolute Gasteiger partial charge is 0.483 e. The van der Waals surface area contributed by atoms with Gasteiger partial charge in [0.05, 0.1) is 6.42 Å². The molecule has 0 bridgehead atoms. The Bertz CT molecular complexity index is 925. The summed E-state index contributed by atoms with van der Waals surface area (Å²) in [7, 11) is 0. The second-order valence-corrected chi connectivity index (χ2v) is 7.50. The van der Waals surface area contributed by atoms with Crippen LogP contribution in [0.25, 0.3) is 0 Å². The van der Waals surface area contributed by atoms with Gasteiger partial charge >= 0.3 is 5.69 Å². The minimum atomic E-state index is -0.360. The van der Waals surface area contributed by atoms with Crippen LogP contribution in [0.15, 0.2) is 40.2 Å². The van der Waals surface area contributed by atoms with Gasteiger partial charge in [0.1, 0.15) is 0 Å². The molecule has 1 saturated heterocycles. The van der Waals surface area contributed by atoms with Crippen molar-refractivity contribution in [2.75, 3.05) is 26.2 Å². The fourth-order valence-corrected chi connectivity index (χ4v) is 3.62. The zero-order valence-electron chi connectivity index (χ0n) is 17.6. The molecule has 3 heterocycles. The highest BCUT2D eigenvalue weighted by molar-refractivity contribution is 5.78. The van der Waals surface area contributed by atoms with Crippen molar-refractivity contribution >= 4 is 12.4 Å². The summed E-state index contributed by atoms with van der Waals surface area (Å²) in [5.41, 5.74) is 0.851. The summed E-state index contributed by atoms with van der Waals surface area (Å²) < 4.78 is 1.24. The van der Waals surface area contributed by atoms with Crippen molar-refractivity contribution < 1.29 is 14.7 Å². The molecule has 0 radical (unpaired) electrons. The average molecular weight is 431 g/mol. The van der Waals surface area contributed by atoms with Crippen molar-refractivity contribution in [3.63, 3.8) is 0 Å². The van der Waals surface area contributed by atoms with Crippen LogP contribution < -0.4 is 16.6 Å². The van der Waals surface area contributed by atoms with E-state index in [9.17, 15) is 14.4 Å². The second kappa shape index (κ2) is 12.4. The fraction of sp³-hybridized carbons (Fsp3) is 0.476. The lowest BCUT2D eigenvalue weighted by Gasteiger charge is -2.32. The molecule has 0 saturated carbocycles. The summed E-state index contributed by atoms with van der Waals surface area (Å²) in [5.74, 6) is 0.377. The number of likely N-dealkylation sites (tertiary alicyclic amines) is 1. The Balaban J connectivity index is 0.00000107. The number of carbonyl (C=O) groups excluding carboxylic acids is 1. The first kappa shape index (κ1) is 24.0. The third-order valence-electron chi connectivity index (χ3n) is 5.07. The van der Waals surface area contributed by atoms with Crippen LogP contribution in [-0.4, -0.2) is 63.1 Å². The summed E-state index contributed by atoms with van der Waals surface area (Å²) in [4.78, 5) is 53.4. The number of hydrogen-bond donors (Lipinski definition) is 3. The van der Waals surface area contributed by atoms with E-state index in [1.807, 2.05) is 12.1 Å².